The highest BCUT2D eigenvalue weighted by Gasteiger charge is 2.24. The maximum Gasteiger partial charge on any atom is 0.198 e. The Balaban J connectivity index is 1.78. The molecule has 3 aromatic rings. The lowest BCUT2D eigenvalue weighted by Gasteiger charge is -2.19. The van der Waals surface area contributed by atoms with E-state index in [1.54, 1.807) is 19.2 Å². The van der Waals surface area contributed by atoms with Crippen LogP contribution in [0.25, 0.3) is 22.6 Å². The zero-order valence-electron chi connectivity index (χ0n) is 14.7. The average molecular weight is 352 g/mol. The molecule has 1 N–H and O–H groups in total. The van der Waals surface area contributed by atoms with Crippen molar-refractivity contribution < 1.29 is 13.5 Å². The van der Waals surface area contributed by atoms with Gasteiger partial charge in [-0.25, -0.2) is 9.37 Å². The van der Waals surface area contributed by atoms with Gasteiger partial charge < -0.3 is 14.5 Å². The van der Waals surface area contributed by atoms with Gasteiger partial charge in [0.1, 0.15) is 17.3 Å². The molecule has 1 aliphatic heterocycles. The highest BCUT2D eigenvalue weighted by molar-refractivity contribution is 5.77. The molecule has 0 aliphatic carbocycles. The van der Waals surface area contributed by atoms with Gasteiger partial charge in [-0.1, -0.05) is 0 Å². The van der Waals surface area contributed by atoms with Gasteiger partial charge in [0.25, 0.3) is 0 Å². The van der Waals surface area contributed by atoms with Gasteiger partial charge in [0.15, 0.2) is 11.7 Å². The van der Waals surface area contributed by atoms with Crippen molar-refractivity contribution in [3.63, 3.8) is 0 Å². The van der Waals surface area contributed by atoms with E-state index in [4.69, 9.17) is 14.1 Å². The minimum atomic E-state index is -0.266. The summed E-state index contributed by atoms with van der Waals surface area (Å²) in [6.07, 6.45) is 2.01. The van der Waals surface area contributed by atoms with Gasteiger partial charge in [-0.05, 0) is 74.5 Å². The predicted octanol–water partition coefficient (Wildman–Crippen LogP) is 4.62. The van der Waals surface area contributed by atoms with E-state index in [0.717, 1.165) is 54.4 Å². The Morgan fingerprint density at radius 3 is 2.31 bits per heavy atom. The first-order valence-corrected chi connectivity index (χ1v) is 8.86. The van der Waals surface area contributed by atoms with Crippen molar-refractivity contribution >= 4 is 0 Å². The lowest BCUT2D eigenvalue weighted by Crippen LogP contribution is -2.26. The van der Waals surface area contributed by atoms with Crippen molar-refractivity contribution in [1.82, 2.24) is 10.3 Å². The molecule has 1 aromatic heterocycles. The Labute approximate surface area is 152 Å². The molecule has 0 unspecified atom stereocenters. The molecule has 0 spiro atoms. The number of halogens is 1. The van der Waals surface area contributed by atoms with Crippen LogP contribution in [0.15, 0.2) is 52.9 Å². The van der Waals surface area contributed by atoms with Crippen LogP contribution in [-0.4, -0.2) is 25.2 Å². The number of rotatable bonds is 4. The number of benzene rings is 2. The molecular weight excluding hydrogens is 331 g/mol. The Morgan fingerprint density at radius 1 is 1.00 bits per heavy atom. The van der Waals surface area contributed by atoms with Gasteiger partial charge in [-0.2, -0.15) is 0 Å². The first-order chi connectivity index (χ1) is 12.7. The minimum Gasteiger partial charge on any atom is -0.497 e. The number of aromatic nitrogens is 1. The van der Waals surface area contributed by atoms with Crippen LogP contribution >= 0.6 is 0 Å². The van der Waals surface area contributed by atoms with E-state index >= 15 is 0 Å². The molecule has 2 aromatic carbocycles. The van der Waals surface area contributed by atoms with Gasteiger partial charge in [0.05, 0.1) is 7.11 Å². The molecule has 4 rings (SSSR count). The highest BCUT2D eigenvalue weighted by Crippen LogP contribution is 2.37. The third-order valence-electron chi connectivity index (χ3n) is 4.80. The van der Waals surface area contributed by atoms with Crippen molar-refractivity contribution in [2.45, 2.75) is 18.8 Å². The zero-order valence-corrected chi connectivity index (χ0v) is 14.7. The van der Waals surface area contributed by atoms with E-state index in [0.29, 0.717) is 11.7 Å². The second-order valence-electron chi connectivity index (χ2n) is 6.49. The van der Waals surface area contributed by atoms with Crippen LogP contribution < -0.4 is 10.1 Å². The summed E-state index contributed by atoms with van der Waals surface area (Å²) in [5.41, 5.74) is 2.56. The van der Waals surface area contributed by atoms with Crippen LogP contribution in [0, 0.1) is 5.82 Å². The van der Waals surface area contributed by atoms with Crippen molar-refractivity contribution in [2.24, 2.45) is 0 Å². The summed E-state index contributed by atoms with van der Waals surface area (Å²) >= 11 is 0. The third-order valence-corrected chi connectivity index (χ3v) is 4.80. The molecule has 0 bridgehead atoms. The molecule has 0 saturated carbocycles. The molecule has 4 nitrogen and oxygen atoms in total. The molecule has 0 radical (unpaired) electrons. The largest absolute Gasteiger partial charge is 0.497 e. The zero-order chi connectivity index (χ0) is 17.9. The topological polar surface area (TPSA) is 47.3 Å². The van der Waals surface area contributed by atoms with Gasteiger partial charge in [0, 0.05) is 17.0 Å². The summed E-state index contributed by atoms with van der Waals surface area (Å²) in [5.74, 6) is 2.28. The van der Waals surface area contributed by atoms with Crippen molar-refractivity contribution in [2.75, 3.05) is 20.2 Å². The Morgan fingerprint density at radius 2 is 1.65 bits per heavy atom. The molecule has 1 fully saturated rings. The number of hydrogen-bond acceptors (Lipinski definition) is 4. The van der Waals surface area contributed by atoms with Crippen LogP contribution in [0.2, 0.25) is 0 Å². The van der Waals surface area contributed by atoms with Gasteiger partial charge >= 0.3 is 0 Å². The first kappa shape index (κ1) is 16.8. The van der Waals surface area contributed by atoms with E-state index in [1.165, 1.54) is 12.1 Å². The van der Waals surface area contributed by atoms with E-state index in [9.17, 15) is 4.39 Å². The first-order valence-electron chi connectivity index (χ1n) is 8.86. The SMILES string of the molecule is COc1ccc(-c2nc(C3CCNCC3)oc2-c2ccc(F)cc2)cc1. The molecular formula is C21H21FN2O2. The van der Waals surface area contributed by atoms with E-state index in [1.807, 2.05) is 24.3 Å². The number of piperidine rings is 1. The Kier molecular flexibility index (Phi) is 4.71. The summed E-state index contributed by atoms with van der Waals surface area (Å²) in [7, 11) is 1.64. The maximum absolute atomic E-state index is 13.3. The van der Waals surface area contributed by atoms with Gasteiger partial charge in [-0.3, -0.25) is 0 Å². The number of nitrogens with zero attached hydrogens (tertiary/aromatic N) is 1. The standard InChI is InChI=1S/C21H21FN2O2/c1-25-18-8-4-14(5-9-18)19-20(15-2-6-17(22)7-3-15)26-21(24-19)16-10-12-23-13-11-16/h2-9,16,23H,10-13H2,1H3. The Hall–Kier alpha value is -2.66. The summed E-state index contributed by atoms with van der Waals surface area (Å²) in [5, 5.41) is 3.36. The van der Waals surface area contributed by atoms with Gasteiger partial charge in [0.2, 0.25) is 0 Å². The monoisotopic (exact) mass is 352 g/mol. The van der Waals surface area contributed by atoms with Crippen molar-refractivity contribution in [1.29, 1.82) is 0 Å². The summed E-state index contributed by atoms with van der Waals surface area (Å²) in [4.78, 5) is 4.83. The fraction of sp³-hybridized carbons (Fsp3) is 0.286. The van der Waals surface area contributed by atoms with E-state index in [2.05, 4.69) is 5.32 Å². The van der Waals surface area contributed by atoms with Crippen LogP contribution in [0.5, 0.6) is 5.75 Å². The van der Waals surface area contributed by atoms with Crippen molar-refractivity contribution in [3.8, 4) is 28.3 Å². The maximum atomic E-state index is 13.3. The lowest BCUT2D eigenvalue weighted by atomic mass is 9.98. The van der Waals surface area contributed by atoms with E-state index in [-0.39, 0.29) is 5.82 Å². The molecule has 2 heterocycles. The third kappa shape index (κ3) is 3.35. The quantitative estimate of drug-likeness (QED) is 0.744. The summed E-state index contributed by atoms with van der Waals surface area (Å²) in [6.45, 7) is 1.94. The molecule has 5 heteroatoms. The summed E-state index contributed by atoms with van der Waals surface area (Å²) in [6, 6.07) is 14.1. The molecule has 134 valence electrons. The van der Waals surface area contributed by atoms with Crippen LogP contribution in [0.3, 0.4) is 0 Å². The van der Waals surface area contributed by atoms with E-state index < -0.39 is 0 Å². The number of nitrogens with one attached hydrogen (secondary N) is 1. The number of hydrogen-bond donors (Lipinski definition) is 1. The van der Waals surface area contributed by atoms with Crippen LogP contribution in [0.1, 0.15) is 24.7 Å². The molecule has 1 saturated heterocycles. The Bertz CT molecular complexity index is 866. The molecule has 0 amide bonds. The number of methoxy groups -OCH3 is 1. The fourth-order valence-electron chi connectivity index (χ4n) is 3.32. The average Bonchev–Trinajstić information content (AvgIpc) is 3.15. The van der Waals surface area contributed by atoms with Crippen LogP contribution in [0.4, 0.5) is 4.39 Å². The highest BCUT2D eigenvalue weighted by atomic mass is 19.1. The second-order valence-corrected chi connectivity index (χ2v) is 6.49. The van der Waals surface area contributed by atoms with Crippen LogP contribution in [-0.2, 0) is 0 Å². The number of ether oxygens (including phenoxy) is 1. The minimum absolute atomic E-state index is 0.266. The fourth-order valence-corrected chi connectivity index (χ4v) is 3.32. The molecule has 0 atom stereocenters. The number of oxazole rings is 1. The second kappa shape index (κ2) is 7.30. The predicted molar refractivity (Wildman–Crippen MR) is 98.7 cm³/mol. The summed E-state index contributed by atoms with van der Waals surface area (Å²) < 4.78 is 24.8. The molecule has 26 heavy (non-hydrogen) atoms. The molecule has 1 aliphatic rings. The smallest absolute Gasteiger partial charge is 0.198 e. The lowest BCUT2D eigenvalue weighted by molar-refractivity contribution is 0.378. The normalized spacial score (nSPS) is 15.2. The van der Waals surface area contributed by atoms with Gasteiger partial charge in [-0.15, -0.1) is 0 Å². The van der Waals surface area contributed by atoms with Crippen molar-refractivity contribution in [3.05, 3.63) is 60.2 Å².